The second-order valence-electron chi connectivity index (χ2n) is 5.05. The molecular weight excluding hydrogens is 332 g/mol. The van der Waals surface area contributed by atoms with Crippen LogP contribution >= 0.6 is 11.3 Å². The molecule has 1 amide bonds. The van der Waals surface area contributed by atoms with E-state index in [1.54, 1.807) is 13.0 Å². The molecule has 3 N–H and O–H groups in total. The van der Waals surface area contributed by atoms with Crippen molar-refractivity contribution in [3.8, 4) is 0 Å². The van der Waals surface area contributed by atoms with Gasteiger partial charge < -0.3 is 20.0 Å². The molecule has 0 bridgehead atoms. The number of rotatable bonds is 4. The lowest BCUT2D eigenvalue weighted by atomic mass is 10.2. The van der Waals surface area contributed by atoms with Crippen LogP contribution in [0.5, 0.6) is 0 Å². The molecule has 0 unspecified atom stereocenters. The van der Waals surface area contributed by atoms with Gasteiger partial charge in [-0.25, -0.2) is 4.98 Å². The fourth-order valence-electron chi connectivity index (χ4n) is 2.31. The second kappa shape index (κ2) is 6.38. The lowest BCUT2D eigenvalue weighted by Gasteiger charge is -2.02. The number of anilines is 1. The summed E-state index contributed by atoms with van der Waals surface area (Å²) in [6, 6.07) is 3.11. The highest BCUT2D eigenvalue weighted by molar-refractivity contribution is 7.20. The lowest BCUT2D eigenvalue weighted by Crippen LogP contribution is -2.19. The molecule has 0 atom stereocenters. The van der Waals surface area contributed by atoms with E-state index in [4.69, 9.17) is 4.74 Å². The van der Waals surface area contributed by atoms with E-state index < -0.39 is 11.5 Å². The zero-order valence-electron chi connectivity index (χ0n) is 12.9. The number of amides is 1. The van der Waals surface area contributed by atoms with Crippen LogP contribution in [0.15, 0.2) is 27.9 Å². The van der Waals surface area contributed by atoms with Crippen molar-refractivity contribution in [2.75, 3.05) is 12.4 Å². The van der Waals surface area contributed by atoms with E-state index >= 15 is 0 Å². The van der Waals surface area contributed by atoms with Crippen LogP contribution in [-0.4, -0.2) is 28.0 Å². The van der Waals surface area contributed by atoms with Crippen LogP contribution in [0.1, 0.15) is 21.1 Å². The van der Waals surface area contributed by atoms with Crippen LogP contribution in [0, 0.1) is 6.92 Å². The molecule has 0 spiro atoms. The van der Waals surface area contributed by atoms with Gasteiger partial charge in [-0.15, -0.1) is 11.3 Å². The van der Waals surface area contributed by atoms with Gasteiger partial charge in [-0.3, -0.25) is 14.4 Å². The minimum atomic E-state index is -0.458. The number of carbonyl (C=O) groups is 1. The van der Waals surface area contributed by atoms with E-state index in [0.717, 1.165) is 11.3 Å². The monoisotopic (exact) mass is 346 g/mol. The van der Waals surface area contributed by atoms with Gasteiger partial charge in [-0.05, 0) is 24.6 Å². The molecule has 0 aliphatic heterocycles. The van der Waals surface area contributed by atoms with Crippen LogP contribution in [0.4, 0.5) is 5.69 Å². The topological polar surface area (TPSA) is 117 Å². The van der Waals surface area contributed by atoms with Crippen molar-refractivity contribution in [1.29, 1.82) is 0 Å². The third-order valence-corrected chi connectivity index (χ3v) is 4.59. The number of nitrogens with zero attached hydrogens (tertiary/aromatic N) is 1. The smallest absolute Gasteiger partial charge is 0.271 e. The maximum Gasteiger partial charge on any atom is 0.271 e. The fourth-order valence-corrected chi connectivity index (χ4v) is 3.41. The first kappa shape index (κ1) is 16.1. The van der Waals surface area contributed by atoms with E-state index in [1.807, 2.05) is 0 Å². The zero-order chi connectivity index (χ0) is 17.3. The summed E-state index contributed by atoms with van der Waals surface area (Å²) in [5, 5.41) is 2.92. The van der Waals surface area contributed by atoms with Gasteiger partial charge >= 0.3 is 0 Å². The Kier molecular flexibility index (Phi) is 4.28. The van der Waals surface area contributed by atoms with E-state index in [2.05, 4.69) is 20.3 Å². The van der Waals surface area contributed by atoms with Crippen molar-refractivity contribution in [1.82, 2.24) is 15.0 Å². The van der Waals surface area contributed by atoms with Crippen molar-refractivity contribution in [2.45, 2.75) is 13.5 Å². The molecule has 24 heavy (non-hydrogen) atoms. The van der Waals surface area contributed by atoms with Crippen molar-refractivity contribution >= 4 is 33.1 Å². The molecule has 3 rings (SSSR count). The minimum Gasteiger partial charge on any atom is -0.377 e. The van der Waals surface area contributed by atoms with Crippen LogP contribution in [0.25, 0.3) is 10.2 Å². The van der Waals surface area contributed by atoms with Gasteiger partial charge in [-0.2, -0.15) is 0 Å². The molecule has 0 saturated carbocycles. The largest absolute Gasteiger partial charge is 0.377 e. The molecule has 0 aromatic carbocycles. The van der Waals surface area contributed by atoms with Crippen LogP contribution in [-0.2, 0) is 11.3 Å². The Labute approximate surface area is 139 Å². The van der Waals surface area contributed by atoms with Gasteiger partial charge in [-0.1, -0.05) is 0 Å². The van der Waals surface area contributed by atoms with Gasteiger partial charge in [0.05, 0.1) is 10.3 Å². The number of fused-ring (bicyclic) bond motifs is 1. The number of aryl methyl sites for hydroxylation is 1. The van der Waals surface area contributed by atoms with Crippen molar-refractivity contribution < 1.29 is 9.53 Å². The molecular formula is C15H14N4O4S. The first-order chi connectivity index (χ1) is 11.5. The number of ether oxygens (including phenoxy) is 1. The number of pyridine rings is 1. The summed E-state index contributed by atoms with van der Waals surface area (Å²) in [4.78, 5) is 46.5. The van der Waals surface area contributed by atoms with Crippen LogP contribution < -0.4 is 16.4 Å². The molecule has 3 aromatic rings. The SMILES string of the molecule is COCc1nc2sc(C(=O)Nc3ccc[nH]c3=O)c(C)c2c(=O)[nH]1. The van der Waals surface area contributed by atoms with E-state index in [1.165, 1.54) is 19.4 Å². The number of nitrogens with one attached hydrogen (secondary N) is 3. The number of methoxy groups -OCH3 is 1. The lowest BCUT2D eigenvalue weighted by molar-refractivity contribution is 0.103. The highest BCUT2D eigenvalue weighted by Crippen LogP contribution is 2.27. The molecule has 3 heterocycles. The molecule has 0 aliphatic carbocycles. The predicted octanol–water partition coefficient (Wildman–Crippen LogP) is 1.38. The molecule has 8 nitrogen and oxygen atoms in total. The van der Waals surface area contributed by atoms with E-state index in [9.17, 15) is 14.4 Å². The van der Waals surface area contributed by atoms with E-state index in [0.29, 0.717) is 26.5 Å². The fraction of sp³-hybridized carbons (Fsp3) is 0.200. The number of H-pyrrole nitrogens is 2. The zero-order valence-corrected chi connectivity index (χ0v) is 13.7. The van der Waals surface area contributed by atoms with Crippen molar-refractivity contribution in [3.63, 3.8) is 0 Å². The van der Waals surface area contributed by atoms with Gasteiger partial charge in [0.25, 0.3) is 17.0 Å². The summed E-state index contributed by atoms with van der Waals surface area (Å²) in [5.41, 5.74) is -0.0563. The van der Waals surface area contributed by atoms with Gasteiger partial charge in [0, 0.05) is 13.3 Å². The average molecular weight is 346 g/mol. The number of thiophene rings is 1. The Balaban J connectivity index is 2.03. The quantitative estimate of drug-likeness (QED) is 0.660. The molecule has 0 radical (unpaired) electrons. The summed E-state index contributed by atoms with van der Waals surface area (Å²) in [6.45, 7) is 1.85. The Morgan fingerprint density at radius 2 is 2.17 bits per heavy atom. The summed E-state index contributed by atoms with van der Waals surface area (Å²) >= 11 is 1.10. The highest BCUT2D eigenvalue weighted by atomic mass is 32.1. The summed E-state index contributed by atoms with van der Waals surface area (Å²) in [7, 11) is 1.50. The van der Waals surface area contributed by atoms with Crippen LogP contribution in [0.3, 0.4) is 0 Å². The predicted molar refractivity (Wildman–Crippen MR) is 90.7 cm³/mol. The summed E-state index contributed by atoms with van der Waals surface area (Å²) in [5.74, 6) is -0.0670. The minimum absolute atomic E-state index is 0.140. The Hall–Kier alpha value is -2.78. The van der Waals surface area contributed by atoms with Gasteiger partial charge in [0.15, 0.2) is 0 Å². The second-order valence-corrected chi connectivity index (χ2v) is 6.05. The Morgan fingerprint density at radius 1 is 1.38 bits per heavy atom. The maximum atomic E-state index is 12.5. The third kappa shape index (κ3) is 2.86. The number of hydrogen-bond acceptors (Lipinski definition) is 6. The molecule has 0 aliphatic rings. The number of carbonyl (C=O) groups excluding carboxylic acids is 1. The summed E-state index contributed by atoms with van der Waals surface area (Å²) < 4.78 is 4.96. The van der Waals surface area contributed by atoms with E-state index in [-0.39, 0.29) is 17.9 Å². The standard InChI is InChI=1S/C15H14N4O4S/c1-7-10-13(21)18-9(6-23-2)19-15(10)24-11(7)14(22)17-8-4-3-5-16-12(8)20/h3-5H,6H2,1-2H3,(H,16,20)(H,17,22)(H,18,19,21). The Morgan fingerprint density at radius 3 is 2.88 bits per heavy atom. The number of aromatic nitrogens is 3. The van der Waals surface area contributed by atoms with Crippen LogP contribution in [0.2, 0.25) is 0 Å². The third-order valence-electron chi connectivity index (χ3n) is 3.40. The van der Waals surface area contributed by atoms with Crippen molar-refractivity contribution in [3.05, 3.63) is 55.3 Å². The molecule has 3 aromatic heterocycles. The van der Waals surface area contributed by atoms with Gasteiger partial charge in [0.2, 0.25) is 0 Å². The maximum absolute atomic E-state index is 12.5. The Bertz CT molecular complexity index is 1030. The van der Waals surface area contributed by atoms with Crippen molar-refractivity contribution in [2.24, 2.45) is 0 Å². The average Bonchev–Trinajstić information content (AvgIpc) is 2.87. The molecule has 0 fully saturated rings. The van der Waals surface area contributed by atoms with Gasteiger partial charge in [0.1, 0.15) is 22.9 Å². The number of hydrogen-bond donors (Lipinski definition) is 3. The summed E-state index contributed by atoms with van der Waals surface area (Å²) in [6.07, 6.45) is 1.48. The first-order valence-electron chi connectivity index (χ1n) is 7.01. The molecule has 9 heteroatoms. The number of aromatic amines is 2. The normalized spacial score (nSPS) is 10.9. The highest BCUT2D eigenvalue weighted by Gasteiger charge is 2.20. The molecule has 0 saturated heterocycles. The molecule has 124 valence electrons. The first-order valence-corrected chi connectivity index (χ1v) is 7.83.